The SMILES string of the molecule is Cc1csc(CC(C)n2cc(C3CCCS(=O)(=O)C3)nn2)n1. The number of sulfone groups is 1. The molecule has 2 aromatic rings. The van der Waals surface area contributed by atoms with Gasteiger partial charge in [0.1, 0.15) is 0 Å². The summed E-state index contributed by atoms with van der Waals surface area (Å²) < 4.78 is 25.3. The Hall–Kier alpha value is -1.28. The molecule has 2 atom stereocenters. The van der Waals surface area contributed by atoms with Crippen molar-refractivity contribution >= 4 is 21.2 Å². The maximum absolute atomic E-state index is 11.8. The maximum Gasteiger partial charge on any atom is 0.150 e. The molecule has 22 heavy (non-hydrogen) atoms. The monoisotopic (exact) mass is 340 g/mol. The van der Waals surface area contributed by atoms with Gasteiger partial charge in [-0.1, -0.05) is 5.21 Å². The molecule has 8 heteroatoms. The Morgan fingerprint density at radius 2 is 2.32 bits per heavy atom. The number of aryl methyl sites for hydroxylation is 1. The third-order valence-corrected chi connectivity index (χ3v) is 6.81. The number of hydrogen-bond donors (Lipinski definition) is 0. The van der Waals surface area contributed by atoms with Gasteiger partial charge in [-0.15, -0.1) is 16.4 Å². The van der Waals surface area contributed by atoms with Crippen LogP contribution in [-0.4, -0.2) is 39.9 Å². The highest BCUT2D eigenvalue weighted by atomic mass is 32.2. The van der Waals surface area contributed by atoms with E-state index in [1.54, 1.807) is 11.3 Å². The minimum Gasteiger partial charge on any atom is -0.249 e. The molecule has 0 radical (unpaired) electrons. The van der Waals surface area contributed by atoms with Crippen LogP contribution in [0.1, 0.15) is 48.1 Å². The summed E-state index contributed by atoms with van der Waals surface area (Å²) in [6, 6.07) is 0.159. The lowest BCUT2D eigenvalue weighted by molar-refractivity contribution is 0.473. The Morgan fingerprint density at radius 1 is 1.50 bits per heavy atom. The van der Waals surface area contributed by atoms with Gasteiger partial charge in [0, 0.05) is 29.6 Å². The molecule has 1 fully saturated rings. The Bertz CT molecular complexity index is 750. The summed E-state index contributed by atoms with van der Waals surface area (Å²) in [5.74, 6) is 0.491. The second-order valence-electron chi connectivity index (χ2n) is 6.01. The Morgan fingerprint density at radius 3 is 3.00 bits per heavy atom. The molecule has 2 aromatic heterocycles. The van der Waals surface area contributed by atoms with Gasteiger partial charge in [0.25, 0.3) is 0 Å². The molecule has 0 spiro atoms. The van der Waals surface area contributed by atoms with Gasteiger partial charge >= 0.3 is 0 Å². The van der Waals surface area contributed by atoms with E-state index in [4.69, 9.17) is 0 Å². The van der Waals surface area contributed by atoms with Gasteiger partial charge in [-0.05, 0) is 26.7 Å². The molecule has 0 N–H and O–H groups in total. The van der Waals surface area contributed by atoms with Crippen molar-refractivity contribution in [3.05, 3.63) is 28.0 Å². The van der Waals surface area contributed by atoms with Crippen molar-refractivity contribution < 1.29 is 8.42 Å². The first-order chi connectivity index (χ1) is 10.4. The van der Waals surface area contributed by atoms with E-state index < -0.39 is 9.84 Å². The predicted octanol–water partition coefficient (Wildman–Crippen LogP) is 2.14. The molecule has 120 valence electrons. The van der Waals surface area contributed by atoms with Gasteiger partial charge in [-0.3, -0.25) is 0 Å². The van der Waals surface area contributed by atoms with Gasteiger partial charge < -0.3 is 0 Å². The molecule has 2 unspecified atom stereocenters. The molecular weight excluding hydrogens is 320 g/mol. The van der Waals surface area contributed by atoms with Crippen molar-refractivity contribution in [1.82, 2.24) is 20.0 Å². The summed E-state index contributed by atoms with van der Waals surface area (Å²) in [5, 5.41) is 11.5. The van der Waals surface area contributed by atoms with Crippen molar-refractivity contribution in [1.29, 1.82) is 0 Å². The number of nitrogens with zero attached hydrogens (tertiary/aromatic N) is 4. The number of rotatable bonds is 4. The lowest BCUT2D eigenvalue weighted by Crippen LogP contribution is -2.23. The summed E-state index contributed by atoms with van der Waals surface area (Å²) in [4.78, 5) is 4.47. The van der Waals surface area contributed by atoms with E-state index in [0.29, 0.717) is 12.2 Å². The normalized spacial score (nSPS) is 22.5. The first kappa shape index (κ1) is 15.6. The highest BCUT2D eigenvalue weighted by Gasteiger charge is 2.28. The highest BCUT2D eigenvalue weighted by Crippen LogP contribution is 2.27. The van der Waals surface area contributed by atoms with Gasteiger partial charge in [0.15, 0.2) is 9.84 Å². The van der Waals surface area contributed by atoms with Crippen LogP contribution in [0.3, 0.4) is 0 Å². The van der Waals surface area contributed by atoms with Gasteiger partial charge in [-0.2, -0.15) is 0 Å². The molecule has 1 aliphatic heterocycles. The van der Waals surface area contributed by atoms with E-state index in [1.807, 2.05) is 23.2 Å². The van der Waals surface area contributed by atoms with E-state index in [1.165, 1.54) is 0 Å². The number of thiazole rings is 1. The summed E-state index contributed by atoms with van der Waals surface area (Å²) in [6.07, 6.45) is 4.30. The third kappa shape index (κ3) is 3.55. The van der Waals surface area contributed by atoms with Crippen LogP contribution in [0.5, 0.6) is 0 Å². The van der Waals surface area contributed by atoms with Crippen molar-refractivity contribution in [3.8, 4) is 0 Å². The van der Waals surface area contributed by atoms with Crippen LogP contribution in [0.4, 0.5) is 0 Å². The van der Waals surface area contributed by atoms with E-state index in [2.05, 4.69) is 22.2 Å². The van der Waals surface area contributed by atoms with Crippen LogP contribution in [0.25, 0.3) is 0 Å². The van der Waals surface area contributed by atoms with Crippen LogP contribution < -0.4 is 0 Å². The van der Waals surface area contributed by atoms with Crippen LogP contribution in [0.2, 0.25) is 0 Å². The fraction of sp³-hybridized carbons (Fsp3) is 0.643. The van der Waals surface area contributed by atoms with Crippen molar-refractivity contribution in [2.24, 2.45) is 0 Å². The van der Waals surface area contributed by atoms with E-state index >= 15 is 0 Å². The molecule has 3 heterocycles. The minimum atomic E-state index is -2.92. The topological polar surface area (TPSA) is 77.7 Å². The van der Waals surface area contributed by atoms with Crippen LogP contribution in [0, 0.1) is 6.92 Å². The zero-order valence-electron chi connectivity index (χ0n) is 12.8. The second-order valence-corrected chi connectivity index (χ2v) is 9.18. The molecular formula is C14H20N4O2S2. The lowest BCUT2D eigenvalue weighted by atomic mass is 10.0. The van der Waals surface area contributed by atoms with Crippen molar-refractivity contribution in [3.63, 3.8) is 0 Å². The second kappa shape index (κ2) is 6.08. The van der Waals surface area contributed by atoms with Crippen LogP contribution >= 0.6 is 11.3 Å². The fourth-order valence-electron chi connectivity index (χ4n) is 2.79. The molecule has 6 nitrogen and oxygen atoms in total. The first-order valence-electron chi connectivity index (χ1n) is 7.46. The smallest absolute Gasteiger partial charge is 0.150 e. The van der Waals surface area contributed by atoms with E-state index in [-0.39, 0.29) is 17.7 Å². The van der Waals surface area contributed by atoms with Crippen molar-refractivity contribution in [2.75, 3.05) is 11.5 Å². The van der Waals surface area contributed by atoms with Crippen LogP contribution in [-0.2, 0) is 16.3 Å². The quantitative estimate of drug-likeness (QED) is 0.852. The Labute approximate surface area is 134 Å². The summed E-state index contributed by atoms with van der Waals surface area (Å²) >= 11 is 1.66. The average molecular weight is 340 g/mol. The van der Waals surface area contributed by atoms with Gasteiger partial charge in [0.05, 0.1) is 28.2 Å². The minimum absolute atomic E-state index is 0.0122. The molecule has 1 aliphatic rings. The Kier molecular flexibility index (Phi) is 4.31. The predicted molar refractivity (Wildman–Crippen MR) is 85.9 cm³/mol. The summed E-state index contributed by atoms with van der Waals surface area (Å²) in [7, 11) is -2.92. The average Bonchev–Trinajstić information content (AvgIpc) is 3.07. The molecule has 3 rings (SSSR count). The Balaban J connectivity index is 1.70. The standard InChI is InChI=1S/C14H20N4O2S2/c1-10-8-21-14(15-10)6-11(2)18-7-13(16-17-18)12-4-3-5-22(19,20)9-12/h7-8,11-12H,3-6,9H2,1-2H3. The van der Waals surface area contributed by atoms with E-state index in [0.717, 1.165) is 29.2 Å². The molecule has 0 aliphatic carbocycles. The zero-order chi connectivity index (χ0) is 15.7. The van der Waals surface area contributed by atoms with Gasteiger partial charge in [-0.25, -0.2) is 18.1 Å². The summed E-state index contributed by atoms with van der Waals surface area (Å²) in [6.45, 7) is 4.06. The molecule has 1 saturated heterocycles. The van der Waals surface area contributed by atoms with Gasteiger partial charge in [0.2, 0.25) is 0 Å². The maximum atomic E-state index is 11.8. The molecule has 0 aromatic carbocycles. The van der Waals surface area contributed by atoms with Crippen molar-refractivity contribution in [2.45, 2.75) is 45.1 Å². The highest BCUT2D eigenvalue weighted by molar-refractivity contribution is 7.91. The van der Waals surface area contributed by atoms with Crippen LogP contribution in [0.15, 0.2) is 11.6 Å². The van der Waals surface area contributed by atoms with E-state index in [9.17, 15) is 8.42 Å². The number of hydrogen-bond acceptors (Lipinski definition) is 6. The lowest BCUT2D eigenvalue weighted by Gasteiger charge is -2.19. The largest absolute Gasteiger partial charge is 0.249 e. The zero-order valence-corrected chi connectivity index (χ0v) is 14.4. The molecule has 0 bridgehead atoms. The molecule has 0 saturated carbocycles. The summed E-state index contributed by atoms with van der Waals surface area (Å²) in [5.41, 5.74) is 1.84. The third-order valence-electron chi connectivity index (χ3n) is 4.00. The fourth-order valence-corrected chi connectivity index (χ4v) is 5.41. The molecule has 0 amide bonds. The first-order valence-corrected chi connectivity index (χ1v) is 10.2. The number of aromatic nitrogens is 4.